The zero-order chi connectivity index (χ0) is 15.9. The normalized spacial score (nSPS) is 11.6. The summed E-state index contributed by atoms with van der Waals surface area (Å²) in [6.45, 7) is -0.0856. The van der Waals surface area contributed by atoms with E-state index in [1.54, 1.807) is 38.7 Å². The third-order valence-electron chi connectivity index (χ3n) is 3.31. The Kier molecular flexibility index (Phi) is 5.38. The van der Waals surface area contributed by atoms with Gasteiger partial charge in [0.15, 0.2) is 6.61 Å². The lowest BCUT2D eigenvalue weighted by atomic mass is 9.98. The molecular weight excluding hydrogens is 282 g/mol. The minimum Gasteiger partial charge on any atom is -0.497 e. The Balaban J connectivity index is 2.23. The maximum absolute atomic E-state index is 10.2. The molecule has 2 aromatic rings. The van der Waals surface area contributed by atoms with Crippen LogP contribution >= 0.6 is 0 Å². The summed E-state index contributed by atoms with van der Waals surface area (Å²) in [5.41, 5.74) is 8.08. The van der Waals surface area contributed by atoms with Gasteiger partial charge in [0.2, 0.25) is 6.29 Å². The highest BCUT2D eigenvalue weighted by Crippen LogP contribution is 2.32. The quantitative estimate of drug-likeness (QED) is 0.849. The molecule has 0 aliphatic rings. The molecule has 2 N–H and O–H groups in total. The summed E-state index contributed by atoms with van der Waals surface area (Å²) in [4.78, 5) is 10.2. The molecule has 0 fully saturated rings. The topological polar surface area (TPSA) is 70.8 Å². The fourth-order valence-electron chi connectivity index (χ4n) is 2.14. The van der Waals surface area contributed by atoms with Crippen LogP contribution < -0.4 is 19.9 Å². The van der Waals surface area contributed by atoms with E-state index in [1.807, 2.05) is 24.3 Å². The molecule has 2 aromatic carbocycles. The van der Waals surface area contributed by atoms with E-state index in [4.69, 9.17) is 19.9 Å². The second-order valence-electron chi connectivity index (χ2n) is 4.59. The molecule has 22 heavy (non-hydrogen) atoms. The van der Waals surface area contributed by atoms with E-state index in [0.29, 0.717) is 17.2 Å². The molecule has 0 aliphatic carbocycles. The molecule has 1 atom stereocenters. The van der Waals surface area contributed by atoms with Gasteiger partial charge in [-0.25, -0.2) is 0 Å². The first-order valence-electron chi connectivity index (χ1n) is 6.75. The second-order valence-corrected chi connectivity index (χ2v) is 4.59. The van der Waals surface area contributed by atoms with E-state index in [0.717, 1.165) is 11.1 Å². The van der Waals surface area contributed by atoms with Crippen molar-refractivity contribution >= 4 is 6.29 Å². The molecule has 0 heterocycles. The molecule has 0 bridgehead atoms. The zero-order valence-corrected chi connectivity index (χ0v) is 12.5. The molecule has 1 radical (unpaired) electrons. The Hall–Kier alpha value is -2.53. The van der Waals surface area contributed by atoms with Crippen LogP contribution in [0.25, 0.3) is 0 Å². The molecule has 0 amide bonds. The Bertz CT molecular complexity index is 625. The van der Waals surface area contributed by atoms with Crippen LogP contribution in [0.5, 0.6) is 17.2 Å². The predicted molar refractivity (Wildman–Crippen MR) is 83.2 cm³/mol. The minimum atomic E-state index is -0.340. The van der Waals surface area contributed by atoms with Gasteiger partial charge >= 0.3 is 0 Å². The molecule has 0 aromatic heterocycles. The fraction of sp³-hybridized carbons (Fsp3) is 0.235. The van der Waals surface area contributed by atoms with Crippen molar-refractivity contribution in [3.8, 4) is 17.2 Å². The summed E-state index contributed by atoms with van der Waals surface area (Å²) in [7, 11) is 3.20. The number of nitrogens with two attached hydrogens (primary N) is 1. The number of benzene rings is 2. The second kappa shape index (κ2) is 7.47. The van der Waals surface area contributed by atoms with Crippen molar-refractivity contribution in [2.75, 3.05) is 20.8 Å². The van der Waals surface area contributed by atoms with Gasteiger partial charge < -0.3 is 19.9 Å². The van der Waals surface area contributed by atoms with Gasteiger partial charge in [-0.1, -0.05) is 12.1 Å². The summed E-state index contributed by atoms with van der Waals surface area (Å²) in [6, 6.07) is 12.4. The highest BCUT2D eigenvalue weighted by atomic mass is 16.5. The maximum Gasteiger partial charge on any atom is 0.239 e. The first kappa shape index (κ1) is 15.9. The largest absolute Gasteiger partial charge is 0.497 e. The highest BCUT2D eigenvalue weighted by Gasteiger charge is 2.15. The third kappa shape index (κ3) is 3.56. The Morgan fingerprint density at radius 3 is 2.32 bits per heavy atom. The van der Waals surface area contributed by atoms with Crippen LogP contribution in [0.1, 0.15) is 17.2 Å². The van der Waals surface area contributed by atoms with Crippen molar-refractivity contribution in [3.05, 3.63) is 53.6 Å². The highest BCUT2D eigenvalue weighted by molar-refractivity contribution is 5.52. The van der Waals surface area contributed by atoms with E-state index in [9.17, 15) is 4.79 Å². The zero-order valence-electron chi connectivity index (χ0n) is 12.5. The van der Waals surface area contributed by atoms with Crippen molar-refractivity contribution < 1.29 is 19.0 Å². The number of rotatable bonds is 7. The van der Waals surface area contributed by atoms with Crippen LogP contribution in [0, 0.1) is 0 Å². The lowest BCUT2D eigenvalue weighted by Crippen LogP contribution is -2.13. The predicted octanol–water partition coefficient (Wildman–Crippen LogP) is 2.24. The molecule has 0 saturated heterocycles. The molecule has 5 nitrogen and oxygen atoms in total. The molecular formula is C17H18NO4. The van der Waals surface area contributed by atoms with Gasteiger partial charge in [0.05, 0.1) is 20.3 Å². The number of hydrogen-bond donors (Lipinski definition) is 1. The van der Waals surface area contributed by atoms with E-state index in [2.05, 4.69) is 0 Å². The first-order chi connectivity index (χ1) is 10.7. The minimum absolute atomic E-state index is 0.0856. The van der Waals surface area contributed by atoms with Gasteiger partial charge in [0.25, 0.3) is 0 Å². The number of carbonyl (C=O) groups excluding carboxylic acids is 1. The van der Waals surface area contributed by atoms with Gasteiger partial charge in [0.1, 0.15) is 17.2 Å². The average molecular weight is 300 g/mol. The van der Waals surface area contributed by atoms with Gasteiger partial charge in [-0.05, 0) is 29.8 Å². The molecule has 1 unspecified atom stereocenters. The smallest absolute Gasteiger partial charge is 0.239 e. The summed E-state index contributed by atoms with van der Waals surface area (Å²) in [6.07, 6.45) is 1.68. The van der Waals surface area contributed by atoms with E-state index >= 15 is 0 Å². The summed E-state index contributed by atoms with van der Waals surface area (Å²) < 4.78 is 15.7. The van der Waals surface area contributed by atoms with Crippen LogP contribution in [0.2, 0.25) is 0 Å². The van der Waals surface area contributed by atoms with Crippen LogP contribution in [-0.2, 0) is 4.79 Å². The Morgan fingerprint density at radius 1 is 1.05 bits per heavy atom. The van der Waals surface area contributed by atoms with Gasteiger partial charge in [-0.3, -0.25) is 4.79 Å². The van der Waals surface area contributed by atoms with Crippen molar-refractivity contribution in [2.45, 2.75) is 6.04 Å². The summed E-state index contributed by atoms with van der Waals surface area (Å²) in [5.74, 6) is 1.98. The SMILES string of the molecule is COc1ccc(C(N)c2ccc(OC[C]=O)cc2)c(OC)c1. The summed E-state index contributed by atoms with van der Waals surface area (Å²) in [5, 5.41) is 0. The van der Waals surface area contributed by atoms with Crippen LogP contribution in [0.15, 0.2) is 42.5 Å². The molecule has 5 heteroatoms. The number of hydrogen-bond acceptors (Lipinski definition) is 5. The fourth-order valence-corrected chi connectivity index (χ4v) is 2.14. The first-order valence-corrected chi connectivity index (χ1v) is 6.75. The van der Waals surface area contributed by atoms with Crippen LogP contribution in [0.3, 0.4) is 0 Å². The average Bonchev–Trinajstić information content (AvgIpc) is 2.59. The monoisotopic (exact) mass is 300 g/mol. The molecule has 115 valence electrons. The molecule has 0 saturated carbocycles. The van der Waals surface area contributed by atoms with E-state index < -0.39 is 0 Å². The van der Waals surface area contributed by atoms with Crippen molar-refractivity contribution in [3.63, 3.8) is 0 Å². The summed E-state index contributed by atoms with van der Waals surface area (Å²) >= 11 is 0. The van der Waals surface area contributed by atoms with Gasteiger partial charge in [-0.2, -0.15) is 0 Å². The Morgan fingerprint density at radius 2 is 1.73 bits per heavy atom. The molecule has 0 spiro atoms. The Labute approximate surface area is 129 Å². The maximum atomic E-state index is 10.2. The molecule has 0 aliphatic heterocycles. The number of methoxy groups -OCH3 is 2. The molecule has 2 rings (SSSR count). The van der Waals surface area contributed by atoms with Crippen molar-refractivity contribution in [1.29, 1.82) is 0 Å². The van der Waals surface area contributed by atoms with Gasteiger partial charge in [-0.15, -0.1) is 0 Å². The van der Waals surface area contributed by atoms with Crippen LogP contribution in [0.4, 0.5) is 0 Å². The van der Waals surface area contributed by atoms with Gasteiger partial charge in [0, 0.05) is 11.6 Å². The lowest BCUT2D eigenvalue weighted by molar-refractivity contribution is 0.364. The number of ether oxygens (including phenoxy) is 3. The van der Waals surface area contributed by atoms with E-state index in [-0.39, 0.29) is 12.6 Å². The van der Waals surface area contributed by atoms with Crippen molar-refractivity contribution in [1.82, 2.24) is 0 Å². The standard InChI is InChI=1S/C17H18NO4/c1-20-14-7-8-15(16(11-14)21-2)17(18)12-3-5-13(6-4-12)22-10-9-19/h3-8,11,17H,10,18H2,1-2H3. The third-order valence-corrected chi connectivity index (χ3v) is 3.31. The lowest BCUT2D eigenvalue weighted by Gasteiger charge is -2.17. The van der Waals surface area contributed by atoms with Crippen molar-refractivity contribution in [2.24, 2.45) is 5.73 Å². The van der Waals surface area contributed by atoms with E-state index in [1.165, 1.54) is 0 Å². The van der Waals surface area contributed by atoms with Crippen LogP contribution in [-0.4, -0.2) is 27.1 Å².